The van der Waals surface area contributed by atoms with E-state index >= 15 is 0 Å². The molecule has 2 saturated heterocycles. The van der Waals surface area contributed by atoms with Crippen molar-refractivity contribution in [3.05, 3.63) is 29.8 Å². The lowest BCUT2D eigenvalue weighted by molar-refractivity contribution is -0.903. The second-order valence-electron chi connectivity index (χ2n) is 6.90. The number of piperidine rings is 1. The van der Waals surface area contributed by atoms with E-state index in [9.17, 15) is 4.79 Å². The highest BCUT2D eigenvalue weighted by molar-refractivity contribution is 6.05. The maximum absolute atomic E-state index is 13.2. The van der Waals surface area contributed by atoms with E-state index in [2.05, 4.69) is 0 Å². The molecule has 2 fully saturated rings. The fourth-order valence-electron chi connectivity index (χ4n) is 3.98. The molecule has 0 aromatic heterocycles. The van der Waals surface area contributed by atoms with Crippen LogP contribution in [0.3, 0.4) is 0 Å². The van der Waals surface area contributed by atoms with Gasteiger partial charge in [-0.1, -0.05) is 18.2 Å². The summed E-state index contributed by atoms with van der Waals surface area (Å²) in [5, 5.41) is 0. The van der Waals surface area contributed by atoms with Gasteiger partial charge in [0, 0.05) is 5.56 Å². The van der Waals surface area contributed by atoms with E-state index in [4.69, 9.17) is 9.47 Å². The predicted molar refractivity (Wildman–Crippen MR) is 86.1 cm³/mol. The van der Waals surface area contributed by atoms with Gasteiger partial charge in [-0.15, -0.1) is 0 Å². The summed E-state index contributed by atoms with van der Waals surface area (Å²) in [6.07, 6.45) is 4.65. The minimum atomic E-state index is -1.22. The molecule has 0 radical (unpaired) electrons. The summed E-state index contributed by atoms with van der Waals surface area (Å²) in [6, 6.07) is 7.92. The van der Waals surface area contributed by atoms with Crippen LogP contribution in [0.25, 0.3) is 0 Å². The Morgan fingerprint density at radius 1 is 1.26 bits per heavy atom. The first-order valence-electron chi connectivity index (χ1n) is 8.77. The maximum Gasteiger partial charge on any atom is 0.296 e. The van der Waals surface area contributed by atoms with E-state index in [1.807, 2.05) is 36.1 Å². The molecule has 0 unspecified atom stereocenters. The van der Waals surface area contributed by atoms with Gasteiger partial charge in [0.1, 0.15) is 0 Å². The highest BCUT2D eigenvalue weighted by Gasteiger charge is 2.56. The third kappa shape index (κ3) is 2.47. The lowest BCUT2D eigenvalue weighted by Gasteiger charge is -2.36. The Labute approximate surface area is 137 Å². The quantitative estimate of drug-likeness (QED) is 0.886. The number of ether oxygens (including phenoxy) is 2. The van der Waals surface area contributed by atoms with E-state index in [0.717, 1.165) is 30.8 Å². The van der Waals surface area contributed by atoms with Gasteiger partial charge in [0.05, 0.1) is 31.5 Å². The number of hydrogen-bond donors (Lipinski definition) is 1. The van der Waals surface area contributed by atoms with Gasteiger partial charge in [-0.05, 0) is 38.7 Å². The minimum absolute atomic E-state index is 0.0306. The predicted octanol–water partition coefficient (Wildman–Crippen LogP) is 1.04. The number of quaternary nitrogens is 1. The highest BCUT2D eigenvalue weighted by atomic mass is 16.7. The number of amides is 1. The van der Waals surface area contributed by atoms with Crippen LogP contribution in [-0.2, 0) is 20.1 Å². The Bertz CT molecular complexity index is 600. The lowest BCUT2D eigenvalue weighted by Crippen LogP contribution is -3.14. The van der Waals surface area contributed by atoms with E-state index in [1.165, 1.54) is 24.2 Å². The van der Waals surface area contributed by atoms with E-state index in [1.54, 1.807) is 0 Å². The standard InChI is InChI=1S/C18H24N2O3/c1-14-9-12-22-18(23-14)15-7-3-4-8-16(15)20(17(18)21)13-19-10-5-2-6-11-19/h3-4,7-8,14H,2,5-6,9-13H2,1H3/p+1/t14-,18+/m0/s1. The zero-order valence-corrected chi connectivity index (χ0v) is 13.7. The summed E-state index contributed by atoms with van der Waals surface area (Å²) in [5.41, 5.74) is 1.82. The number of benzene rings is 1. The third-order valence-corrected chi connectivity index (χ3v) is 5.22. The normalized spacial score (nSPS) is 31.6. The first kappa shape index (κ1) is 15.1. The summed E-state index contributed by atoms with van der Waals surface area (Å²) in [4.78, 5) is 16.6. The van der Waals surface area contributed by atoms with Gasteiger partial charge < -0.3 is 14.4 Å². The molecular weight excluding hydrogens is 292 g/mol. The van der Waals surface area contributed by atoms with Gasteiger partial charge >= 0.3 is 0 Å². The maximum atomic E-state index is 13.2. The van der Waals surface area contributed by atoms with E-state index in [-0.39, 0.29) is 12.0 Å². The zero-order valence-electron chi connectivity index (χ0n) is 13.7. The van der Waals surface area contributed by atoms with Gasteiger partial charge in [-0.25, -0.2) is 0 Å². The molecule has 0 aliphatic carbocycles. The van der Waals surface area contributed by atoms with E-state index < -0.39 is 5.79 Å². The van der Waals surface area contributed by atoms with Crippen LogP contribution in [0.2, 0.25) is 0 Å². The Balaban J connectivity index is 1.67. The number of anilines is 1. The summed E-state index contributed by atoms with van der Waals surface area (Å²) < 4.78 is 12.0. The topological polar surface area (TPSA) is 43.2 Å². The average Bonchev–Trinajstić information content (AvgIpc) is 2.79. The zero-order chi connectivity index (χ0) is 15.9. The molecule has 1 aromatic rings. The second-order valence-corrected chi connectivity index (χ2v) is 6.90. The van der Waals surface area contributed by atoms with Crippen molar-refractivity contribution in [3.63, 3.8) is 0 Å². The van der Waals surface area contributed by atoms with Gasteiger partial charge in [0.2, 0.25) is 0 Å². The molecule has 3 aliphatic rings. The number of carbonyl (C=O) groups is 1. The largest absolute Gasteiger partial charge is 0.338 e. The molecule has 4 rings (SSSR count). The molecule has 1 aromatic carbocycles. The number of nitrogens with one attached hydrogen (secondary N) is 1. The van der Waals surface area contributed by atoms with Crippen molar-refractivity contribution in [2.75, 3.05) is 31.3 Å². The van der Waals surface area contributed by atoms with Crippen molar-refractivity contribution >= 4 is 11.6 Å². The molecule has 1 amide bonds. The molecule has 3 aliphatic heterocycles. The van der Waals surface area contributed by atoms with Gasteiger partial charge in [0.15, 0.2) is 6.67 Å². The molecule has 5 nitrogen and oxygen atoms in total. The van der Waals surface area contributed by atoms with Crippen molar-refractivity contribution in [1.82, 2.24) is 0 Å². The molecule has 124 valence electrons. The van der Waals surface area contributed by atoms with Crippen LogP contribution >= 0.6 is 0 Å². The number of hydrogen-bond acceptors (Lipinski definition) is 3. The molecular formula is C18H25N2O3+. The Hall–Kier alpha value is -1.43. The van der Waals surface area contributed by atoms with Crippen LogP contribution in [-0.4, -0.2) is 38.4 Å². The fraction of sp³-hybridized carbons (Fsp3) is 0.611. The summed E-state index contributed by atoms with van der Waals surface area (Å²) >= 11 is 0. The monoisotopic (exact) mass is 317 g/mol. The molecule has 0 saturated carbocycles. The average molecular weight is 317 g/mol. The third-order valence-electron chi connectivity index (χ3n) is 5.22. The molecule has 0 bridgehead atoms. The van der Waals surface area contributed by atoms with Gasteiger partial charge in [-0.2, -0.15) is 0 Å². The number of para-hydroxylation sites is 1. The van der Waals surface area contributed by atoms with Crippen molar-refractivity contribution in [1.29, 1.82) is 0 Å². The molecule has 23 heavy (non-hydrogen) atoms. The number of rotatable bonds is 2. The summed E-state index contributed by atoms with van der Waals surface area (Å²) in [7, 11) is 0. The van der Waals surface area contributed by atoms with Gasteiger partial charge in [0.25, 0.3) is 11.7 Å². The number of nitrogens with zero attached hydrogens (tertiary/aromatic N) is 1. The molecule has 5 heteroatoms. The van der Waals surface area contributed by atoms with Crippen molar-refractivity contribution in [3.8, 4) is 0 Å². The highest BCUT2D eigenvalue weighted by Crippen LogP contribution is 2.45. The molecule has 1 spiro atoms. The lowest BCUT2D eigenvalue weighted by atomic mass is 10.1. The van der Waals surface area contributed by atoms with Crippen LogP contribution < -0.4 is 9.80 Å². The van der Waals surface area contributed by atoms with Crippen LogP contribution in [0.5, 0.6) is 0 Å². The van der Waals surface area contributed by atoms with E-state index in [0.29, 0.717) is 13.3 Å². The first-order valence-corrected chi connectivity index (χ1v) is 8.77. The Morgan fingerprint density at radius 3 is 2.83 bits per heavy atom. The second kappa shape index (κ2) is 5.89. The fourth-order valence-corrected chi connectivity index (χ4v) is 3.98. The molecule has 3 heterocycles. The van der Waals surface area contributed by atoms with Gasteiger partial charge in [-0.3, -0.25) is 9.69 Å². The number of fused-ring (bicyclic) bond motifs is 2. The minimum Gasteiger partial charge on any atom is -0.338 e. The van der Waals surface area contributed by atoms with Crippen LogP contribution in [0.1, 0.15) is 38.2 Å². The smallest absolute Gasteiger partial charge is 0.296 e. The van der Waals surface area contributed by atoms with Crippen molar-refractivity contribution in [2.24, 2.45) is 0 Å². The number of likely N-dealkylation sites (tertiary alicyclic amines) is 1. The molecule has 1 N–H and O–H groups in total. The van der Waals surface area contributed by atoms with Crippen molar-refractivity contribution < 1.29 is 19.2 Å². The Morgan fingerprint density at radius 2 is 2.04 bits per heavy atom. The molecule has 2 atom stereocenters. The first-order chi connectivity index (χ1) is 11.2. The SMILES string of the molecule is C[C@H]1CCO[C@]2(O1)C(=O)N(C[NH+]1CCCCC1)c1ccccc12. The number of carbonyl (C=O) groups excluding carboxylic acids is 1. The summed E-state index contributed by atoms with van der Waals surface area (Å²) in [5.74, 6) is -1.27. The van der Waals surface area contributed by atoms with Crippen LogP contribution in [0.15, 0.2) is 24.3 Å². The van der Waals surface area contributed by atoms with Crippen LogP contribution in [0.4, 0.5) is 5.69 Å². The van der Waals surface area contributed by atoms with Crippen molar-refractivity contribution in [2.45, 2.75) is 44.5 Å². The van der Waals surface area contributed by atoms with Crippen LogP contribution in [0, 0.1) is 0 Å². The summed E-state index contributed by atoms with van der Waals surface area (Å²) in [6.45, 7) is 5.55. The Kier molecular flexibility index (Phi) is 3.87.